The van der Waals surface area contributed by atoms with Crippen LogP contribution in [0.4, 0.5) is 11.4 Å². The smallest absolute Gasteiger partial charge is 0.319 e. The van der Waals surface area contributed by atoms with Gasteiger partial charge in [-0.3, -0.25) is 25.2 Å². The fourth-order valence-corrected chi connectivity index (χ4v) is 4.73. The van der Waals surface area contributed by atoms with Gasteiger partial charge in [-0.05, 0) is 36.2 Å². The monoisotopic (exact) mass is 537 g/mol. The Labute approximate surface area is 225 Å². The fourth-order valence-electron chi connectivity index (χ4n) is 4.61. The van der Waals surface area contributed by atoms with E-state index in [0.717, 1.165) is 5.56 Å². The molecule has 198 valence electrons. The lowest BCUT2D eigenvalue weighted by atomic mass is 9.92. The number of allylic oxidation sites excluding steroid dienone is 1. The van der Waals surface area contributed by atoms with E-state index in [1.165, 1.54) is 23.7 Å². The van der Waals surface area contributed by atoms with E-state index >= 15 is 0 Å². The third kappa shape index (κ3) is 4.92. The molecule has 0 spiro atoms. The predicted octanol–water partition coefficient (Wildman–Crippen LogP) is 3.07. The molecule has 1 atom stereocenters. The fraction of sp³-hybridized carbons (Fsp3) is 0.296. The van der Waals surface area contributed by atoms with Crippen LogP contribution in [0.3, 0.4) is 0 Å². The Kier molecular flexibility index (Phi) is 7.66. The summed E-state index contributed by atoms with van der Waals surface area (Å²) < 4.78 is 12.0. The predicted molar refractivity (Wildman–Crippen MR) is 144 cm³/mol. The van der Waals surface area contributed by atoms with E-state index in [1.807, 2.05) is 26.1 Å². The summed E-state index contributed by atoms with van der Waals surface area (Å²) in [6.45, 7) is 5.80. The molecule has 0 radical (unpaired) electrons. The Morgan fingerprint density at radius 1 is 1.16 bits per heavy atom. The Balaban J connectivity index is 1.98. The van der Waals surface area contributed by atoms with Gasteiger partial charge in [0.1, 0.15) is 17.1 Å². The number of nitrogens with zero attached hydrogens (tertiary/aromatic N) is 4. The largest absolute Gasteiger partial charge is 0.477 e. The molecule has 1 aliphatic heterocycles. The van der Waals surface area contributed by atoms with Crippen LogP contribution in [0.5, 0.6) is 11.9 Å². The molecule has 0 bridgehead atoms. The van der Waals surface area contributed by atoms with Gasteiger partial charge in [0.05, 0.1) is 32.0 Å². The normalized spacial score (nSPS) is 16.8. The molecule has 1 aromatic carbocycles. The van der Waals surface area contributed by atoms with Crippen LogP contribution in [-0.2, 0) is 11.8 Å². The van der Waals surface area contributed by atoms with Crippen LogP contribution in [0, 0.1) is 18.3 Å². The van der Waals surface area contributed by atoms with Crippen molar-refractivity contribution in [2.75, 3.05) is 19.1 Å². The van der Waals surface area contributed by atoms with Crippen LogP contribution < -0.4 is 25.2 Å². The summed E-state index contributed by atoms with van der Waals surface area (Å²) in [5.41, 5.74) is 2.95. The van der Waals surface area contributed by atoms with Crippen molar-refractivity contribution >= 4 is 34.6 Å². The molecule has 0 saturated carbocycles. The van der Waals surface area contributed by atoms with Crippen LogP contribution in [-0.4, -0.2) is 40.4 Å². The van der Waals surface area contributed by atoms with Crippen LogP contribution in [0.25, 0.3) is 0 Å². The minimum absolute atomic E-state index is 0.111. The maximum atomic E-state index is 13.7. The van der Waals surface area contributed by atoms with Gasteiger partial charge in [0.25, 0.3) is 17.3 Å². The van der Waals surface area contributed by atoms with Crippen LogP contribution in [0.15, 0.2) is 58.8 Å². The molecule has 10 nitrogen and oxygen atoms in total. The van der Waals surface area contributed by atoms with Gasteiger partial charge in [0.2, 0.25) is 5.69 Å². The number of anilines is 1. The molecule has 1 fully saturated rings. The highest BCUT2D eigenvalue weighted by Crippen LogP contribution is 2.40. The summed E-state index contributed by atoms with van der Waals surface area (Å²) in [7, 11) is 4.60. The third-order valence-corrected chi connectivity index (χ3v) is 6.61. The molecule has 3 aromatic rings. The van der Waals surface area contributed by atoms with Gasteiger partial charge in [0, 0.05) is 24.2 Å². The van der Waals surface area contributed by atoms with E-state index in [4.69, 9.17) is 26.5 Å². The Morgan fingerprint density at radius 3 is 2.45 bits per heavy atom. The van der Waals surface area contributed by atoms with E-state index in [0.29, 0.717) is 33.4 Å². The van der Waals surface area contributed by atoms with Gasteiger partial charge in [-0.2, -0.15) is 9.97 Å². The molecule has 0 aliphatic carbocycles. The first kappa shape index (κ1) is 27.0. The first-order valence-electron chi connectivity index (χ1n) is 12.0. The quantitative estimate of drug-likeness (QED) is 0.477. The van der Waals surface area contributed by atoms with Gasteiger partial charge < -0.3 is 14.0 Å². The number of nitrogens with two attached hydrogens (primary N) is 1. The number of carbonyl (C=O) groups is 1. The summed E-state index contributed by atoms with van der Waals surface area (Å²) in [5.74, 6) is -0.383. The van der Waals surface area contributed by atoms with Gasteiger partial charge in [-0.1, -0.05) is 37.6 Å². The zero-order valence-electron chi connectivity index (χ0n) is 22.1. The van der Waals surface area contributed by atoms with Crippen LogP contribution in [0.2, 0.25) is 5.02 Å². The highest BCUT2D eigenvalue weighted by molar-refractivity contribution is 6.52. The summed E-state index contributed by atoms with van der Waals surface area (Å²) in [5, 5.41) is 11.3. The molecule has 1 aliphatic rings. The number of nitrogens with one attached hydrogen (secondary N) is 1. The number of methoxy groups -OCH3 is 2. The first-order valence-corrected chi connectivity index (χ1v) is 12.3. The SMILES string of the molecule is COc1ncc([NH2+]/C(=C2\C(=N)C(=O)N(c3cc(C)cn(C)c3=O)C2c2ccc(Cl)cc2)C(C)C)c(OC)n1. The summed E-state index contributed by atoms with van der Waals surface area (Å²) in [6.07, 6.45) is 3.27. The molecule has 3 heterocycles. The maximum absolute atomic E-state index is 13.7. The summed E-state index contributed by atoms with van der Waals surface area (Å²) >= 11 is 6.18. The number of rotatable bonds is 7. The number of hydrogen-bond acceptors (Lipinski definition) is 7. The number of benzene rings is 1. The molecule has 2 aromatic heterocycles. The topological polar surface area (TPSA) is 127 Å². The van der Waals surface area contributed by atoms with Crippen molar-refractivity contribution in [2.45, 2.75) is 26.8 Å². The zero-order valence-corrected chi connectivity index (χ0v) is 22.8. The molecule has 3 N–H and O–H groups in total. The molecular weight excluding hydrogens is 508 g/mol. The van der Waals surface area contributed by atoms with Gasteiger partial charge in [-0.25, -0.2) is 0 Å². The van der Waals surface area contributed by atoms with Gasteiger partial charge >= 0.3 is 6.01 Å². The Hall–Kier alpha value is -4.02. The molecular formula is C27H30ClN6O4+. The number of quaternary nitrogens is 1. The van der Waals surface area contributed by atoms with Crippen molar-refractivity contribution in [1.82, 2.24) is 14.5 Å². The zero-order chi connectivity index (χ0) is 27.7. The highest BCUT2D eigenvalue weighted by Gasteiger charge is 2.46. The molecule has 4 rings (SSSR count). The van der Waals surface area contributed by atoms with Crippen molar-refractivity contribution < 1.29 is 19.6 Å². The standard InChI is InChI=1S/C27H29ClN6O4/c1-14(2)22(31-18-12-30-27(38-6)32-24(18)37-5)20-21(29)26(36)34(19-11-15(3)13-33(4)25(19)35)23(20)16-7-9-17(28)10-8-16/h7-14,23,29,31H,1-6H3/p+1/b22-20+,29-21?. The average molecular weight is 538 g/mol. The number of carbonyl (C=O) groups excluding carboxylic acids is 1. The van der Waals surface area contributed by atoms with E-state index in [9.17, 15) is 9.59 Å². The molecule has 11 heteroatoms. The minimum atomic E-state index is -0.736. The number of aryl methyl sites for hydroxylation is 2. The Bertz CT molecular complexity index is 1500. The van der Waals surface area contributed by atoms with Crippen molar-refractivity contribution in [3.05, 3.63) is 80.5 Å². The van der Waals surface area contributed by atoms with Gasteiger partial charge in [-0.15, -0.1) is 0 Å². The number of hydrogen-bond donors (Lipinski definition) is 2. The second-order valence-electron chi connectivity index (χ2n) is 9.31. The van der Waals surface area contributed by atoms with Crippen molar-refractivity contribution in [1.29, 1.82) is 5.41 Å². The maximum Gasteiger partial charge on any atom is 0.319 e. The Morgan fingerprint density at radius 2 is 1.84 bits per heavy atom. The lowest BCUT2D eigenvalue weighted by molar-refractivity contribution is -0.526. The van der Waals surface area contributed by atoms with E-state index < -0.39 is 11.9 Å². The number of ether oxygens (including phenoxy) is 2. The van der Waals surface area contributed by atoms with Gasteiger partial charge in [0.15, 0.2) is 0 Å². The third-order valence-electron chi connectivity index (χ3n) is 6.36. The lowest BCUT2D eigenvalue weighted by Crippen LogP contribution is -2.77. The highest BCUT2D eigenvalue weighted by atomic mass is 35.5. The van der Waals surface area contributed by atoms with Crippen LogP contribution >= 0.6 is 11.6 Å². The number of aromatic nitrogens is 3. The summed E-state index contributed by atoms with van der Waals surface area (Å²) in [6, 6.07) is 8.17. The summed E-state index contributed by atoms with van der Waals surface area (Å²) in [4.78, 5) is 36.9. The number of halogens is 1. The van der Waals surface area contributed by atoms with E-state index in [-0.39, 0.29) is 28.9 Å². The van der Waals surface area contributed by atoms with Crippen molar-refractivity contribution in [3.8, 4) is 11.9 Å². The number of pyridine rings is 1. The second-order valence-corrected chi connectivity index (χ2v) is 9.75. The molecule has 1 saturated heterocycles. The lowest BCUT2D eigenvalue weighted by Gasteiger charge is -2.26. The minimum Gasteiger partial charge on any atom is -0.477 e. The van der Waals surface area contributed by atoms with Crippen LogP contribution in [0.1, 0.15) is 31.0 Å². The molecule has 38 heavy (non-hydrogen) atoms. The van der Waals surface area contributed by atoms with Crippen molar-refractivity contribution in [2.24, 2.45) is 13.0 Å². The molecule has 1 unspecified atom stereocenters. The first-order chi connectivity index (χ1) is 18.1. The van der Waals surface area contributed by atoms with E-state index in [2.05, 4.69) is 9.97 Å². The molecule has 1 amide bonds. The van der Waals surface area contributed by atoms with Crippen molar-refractivity contribution in [3.63, 3.8) is 0 Å². The second kappa shape index (κ2) is 10.8. The average Bonchev–Trinajstić information content (AvgIpc) is 3.14. The number of amides is 1. The van der Waals surface area contributed by atoms with E-state index in [1.54, 1.807) is 49.8 Å².